The molecule has 0 aliphatic heterocycles. The van der Waals surface area contributed by atoms with E-state index in [9.17, 15) is 0 Å². The molecule has 1 aromatic rings. The number of unbranched alkanes of at least 4 members (excludes halogenated alkanes) is 1. The molecule has 0 fully saturated rings. The SMILES string of the molecule is CCCn1cc(C#CCCCN)cn1. The fourth-order valence-corrected chi connectivity index (χ4v) is 1.13. The molecule has 0 amide bonds. The molecule has 0 atom stereocenters. The molecular weight excluding hydrogens is 174 g/mol. The largest absolute Gasteiger partial charge is 0.330 e. The molecule has 0 spiro atoms. The number of nitrogens with zero attached hydrogens (tertiary/aromatic N) is 2. The van der Waals surface area contributed by atoms with Crippen LogP contribution in [0.3, 0.4) is 0 Å². The maximum atomic E-state index is 5.37. The fraction of sp³-hybridized carbons (Fsp3) is 0.545. The molecule has 0 saturated heterocycles. The van der Waals surface area contributed by atoms with E-state index in [0.717, 1.165) is 31.4 Å². The summed E-state index contributed by atoms with van der Waals surface area (Å²) < 4.78 is 1.92. The fourth-order valence-electron chi connectivity index (χ4n) is 1.13. The van der Waals surface area contributed by atoms with Gasteiger partial charge in [-0.2, -0.15) is 5.10 Å². The van der Waals surface area contributed by atoms with Crippen molar-refractivity contribution in [1.29, 1.82) is 0 Å². The first-order valence-electron chi connectivity index (χ1n) is 5.08. The monoisotopic (exact) mass is 191 g/mol. The van der Waals surface area contributed by atoms with Crippen LogP contribution in [0.15, 0.2) is 12.4 Å². The highest BCUT2D eigenvalue weighted by Gasteiger charge is 1.92. The average molecular weight is 191 g/mol. The summed E-state index contributed by atoms with van der Waals surface area (Å²) in [5.74, 6) is 6.14. The van der Waals surface area contributed by atoms with Gasteiger partial charge in [-0.3, -0.25) is 4.68 Å². The van der Waals surface area contributed by atoms with Crippen LogP contribution in [0.5, 0.6) is 0 Å². The van der Waals surface area contributed by atoms with Gasteiger partial charge in [0.2, 0.25) is 0 Å². The van der Waals surface area contributed by atoms with E-state index in [2.05, 4.69) is 23.9 Å². The Labute approximate surface area is 85.3 Å². The molecule has 0 unspecified atom stereocenters. The first kappa shape index (κ1) is 10.8. The summed E-state index contributed by atoms with van der Waals surface area (Å²) in [6.07, 6.45) is 6.73. The van der Waals surface area contributed by atoms with E-state index in [0.29, 0.717) is 6.54 Å². The van der Waals surface area contributed by atoms with Crippen molar-refractivity contribution in [3.8, 4) is 11.8 Å². The molecule has 0 aliphatic carbocycles. The van der Waals surface area contributed by atoms with Crippen molar-refractivity contribution in [3.05, 3.63) is 18.0 Å². The van der Waals surface area contributed by atoms with Gasteiger partial charge in [0.1, 0.15) is 0 Å². The summed E-state index contributed by atoms with van der Waals surface area (Å²) in [7, 11) is 0. The molecule has 0 radical (unpaired) electrons. The molecule has 0 aliphatic rings. The Kier molecular flexibility index (Phi) is 4.81. The normalized spacial score (nSPS) is 9.57. The lowest BCUT2D eigenvalue weighted by atomic mass is 10.3. The number of aromatic nitrogens is 2. The first-order chi connectivity index (χ1) is 6.86. The zero-order valence-electron chi connectivity index (χ0n) is 8.66. The summed E-state index contributed by atoms with van der Waals surface area (Å²) in [5.41, 5.74) is 6.36. The Balaban J connectivity index is 2.44. The van der Waals surface area contributed by atoms with Crippen LogP contribution in [-0.2, 0) is 6.54 Å². The van der Waals surface area contributed by atoms with Gasteiger partial charge < -0.3 is 5.73 Å². The van der Waals surface area contributed by atoms with Crippen LogP contribution in [0.1, 0.15) is 31.7 Å². The summed E-state index contributed by atoms with van der Waals surface area (Å²) in [5, 5.41) is 4.19. The summed E-state index contributed by atoms with van der Waals surface area (Å²) >= 11 is 0. The lowest BCUT2D eigenvalue weighted by Crippen LogP contribution is -1.96. The van der Waals surface area contributed by atoms with Crippen LogP contribution in [-0.4, -0.2) is 16.3 Å². The minimum absolute atomic E-state index is 0.712. The minimum atomic E-state index is 0.712. The van der Waals surface area contributed by atoms with Crippen molar-refractivity contribution in [2.24, 2.45) is 5.73 Å². The molecule has 76 valence electrons. The summed E-state index contributed by atoms with van der Waals surface area (Å²) in [6.45, 7) is 3.81. The number of hydrogen-bond donors (Lipinski definition) is 1. The maximum Gasteiger partial charge on any atom is 0.0646 e. The average Bonchev–Trinajstić information content (AvgIpc) is 2.61. The third-order valence-corrected chi connectivity index (χ3v) is 1.82. The van der Waals surface area contributed by atoms with E-state index < -0.39 is 0 Å². The lowest BCUT2D eigenvalue weighted by Gasteiger charge is -1.93. The van der Waals surface area contributed by atoms with Crippen LogP contribution in [0.25, 0.3) is 0 Å². The molecule has 3 nitrogen and oxygen atoms in total. The van der Waals surface area contributed by atoms with Gasteiger partial charge in [0, 0.05) is 19.2 Å². The van der Waals surface area contributed by atoms with Gasteiger partial charge in [0.15, 0.2) is 0 Å². The second-order valence-corrected chi connectivity index (χ2v) is 3.19. The Morgan fingerprint density at radius 1 is 1.57 bits per heavy atom. The molecule has 14 heavy (non-hydrogen) atoms. The third kappa shape index (κ3) is 3.63. The predicted molar refractivity (Wildman–Crippen MR) is 57.7 cm³/mol. The standard InChI is InChI=1S/C11H17N3/c1-2-8-14-10-11(9-13-14)6-4-3-5-7-12/h9-10H,2-3,5,7-8,12H2,1H3. The third-order valence-electron chi connectivity index (χ3n) is 1.82. The quantitative estimate of drug-likeness (QED) is 0.577. The van der Waals surface area contributed by atoms with Gasteiger partial charge in [-0.15, -0.1) is 0 Å². The maximum absolute atomic E-state index is 5.37. The molecule has 3 heteroatoms. The Hall–Kier alpha value is -1.27. The topological polar surface area (TPSA) is 43.8 Å². The van der Waals surface area contributed by atoms with Crippen molar-refractivity contribution in [3.63, 3.8) is 0 Å². The van der Waals surface area contributed by atoms with Crippen molar-refractivity contribution in [2.75, 3.05) is 6.54 Å². The van der Waals surface area contributed by atoms with E-state index in [4.69, 9.17) is 5.73 Å². The van der Waals surface area contributed by atoms with Crippen LogP contribution in [0.2, 0.25) is 0 Å². The Bertz CT molecular complexity index is 317. The predicted octanol–water partition coefficient (Wildman–Crippen LogP) is 1.38. The van der Waals surface area contributed by atoms with Crippen molar-refractivity contribution >= 4 is 0 Å². The van der Waals surface area contributed by atoms with E-state index in [-0.39, 0.29) is 0 Å². The van der Waals surface area contributed by atoms with Crippen LogP contribution >= 0.6 is 0 Å². The van der Waals surface area contributed by atoms with Crippen LogP contribution in [0.4, 0.5) is 0 Å². The van der Waals surface area contributed by atoms with Crippen molar-refractivity contribution in [1.82, 2.24) is 9.78 Å². The second kappa shape index (κ2) is 6.22. The van der Waals surface area contributed by atoms with Gasteiger partial charge in [0.25, 0.3) is 0 Å². The van der Waals surface area contributed by atoms with Crippen molar-refractivity contribution < 1.29 is 0 Å². The smallest absolute Gasteiger partial charge is 0.0646 e. The Morgan fingerprint density at radius 2 is 2.43 bits per heavy atom. The van der Waals surface area contributed by atoms with Crippen LogP contribution in [0, 0.1) is 11.8 Å². The zero-order chi connectivity index (χ0) is 10.2. The molecular formula is C11H17N3. The highest BCUT2D eigenvalue weighted by molar-refractivity contribution is 5.29. The number of hydrogen-bond acceptors (Lipinski definition) is 2. The molecule has 0 bridgehead atoms. The van der Waals surface area contributed by atoms with E-state index in [1.807, 2.05) is 17.1 Å². The van der Waals surface area contributed by atoms with Crippen LogP contribution < -0.4 is 5.73 Å². The van der Waals surface area contributed by atoms with Gasteiger partial charge in [-0.1, -0.05) is 18.8 Å². The molecule has 1 heterocycles. The van der Waals surface area contributed by atoms with E-state index in [1.54, 1.807) is 0 Å². The molecule has 0 aromatic carbocycles. The molecule has 2 N–H and O–H groups in total. The van der Waals surface area contributed by atoms with Gasteiger partial charge in [-0.05, 0) is 19.4 Å². The summed E-state index contributed by atoms with van der Waals surface area (Å²) in [4.78, 5) is 0. The second-order valence-electron chi connectivity index (χ2n) is 3.19. The molecule has 0 saturated carbocycles. The van der Waals surface area contributed by atoms with Gasteiger partial charge >= 0.3 is 0 Å². The highest BCUT2D eigenvalue weighted by Crippen LogP contribution is 1.96. The Morgan fingerprint density at radius 3 is 3.14 bits per heavy atom. The molecule has 1 aromatic heterocycles. The number of rotatable bonds is 4. The zero-order valence-corrected chi connectivity index (χ0v) is 8.66. The minimum Gasteiger partial charge on any atom is -0.330 e. The van der Waals surface area contributed by atoms with Crippen molar-refractivity contribution in [2.45, 2.75) is 32.7 Å². The lowest BCUT2D eigenvalue weighted by molar-refractivity contribution is 0.602. The molecule has 1 rings (SSSR count). The van der Waals surface area contributed by atoms with Gasteiger partial charge in [0.05, 0.1) is 11.8 Å². The number of nitrogens with two attached hydrogens (primary N) is 1. The summed E-state index contributed by atoms with van der Waals surface area (Å²) in [6, 6.07) is 0. The van der Waals surface area contributed by atoms with E-state index in [1.165, 1.54) is 0 Å². The highest BCUT2D eigenvalue weighted by atomic mass is 15.3. The van der Waals surface area contributed by atoms with E-state index >= 15 is 0 Å². The number of aryl methyl sites for hydroxylation is 1. The van der Waals surface area contributed by atoms with Gasteiger partial charge in [-0.25, -0.2) is 0 Å². The first-order valence-corrected chi connectivity index (χ1v) is 5.08.